The minimum Gasteiger partial charge on any atom is -0.363 e. The number of halogens is 4. The topological polar surface area (TPSA) is 92.5 Å². The zero-order valence-electron chi connectivity index (χ0n) is 16.6. The van der Waals surface area contributed by atoms with Crippen molar-refractivity contribution in [1.82, 2.24) is 5.16 Å². The van der Waals surface area contributed by atoms with Crippen LogP contribution in [0.15, 0.2) is 46.0 Å². The van der Waals surface area contributed by atoms with Crippen molar-refractivity contribution in [3.05, 3.63) is 68.6 Å². The first kappa shape index (κ1) is 22.8. The fourth-order valence-electron chi connectivity index (χ4n) is 3.60. The van der Waals surface area contributed by atoms with Gasteiger partial charge in [-0.15, -0.1) is 0 Å². The summed E-state index contributed by atoms with van der Waals surface area (Å²) >= 11 is 18.8. The lowest BCUT2D eigenvalue weighted by atomic mass is 9.86. The molecule has 0 spiro atoms. The molecule has 0 unspecified atom stereocenters. The molecule has 0 atom stereocenters. The number of anilines is 2. The van der Waals surface area contributed by atoms with Gasteiger partial charge in [0.2, 0.25) is 5.91 Å². The van der Waals surface area contributed by atoms with Crippen molar-refractivity contribution in [2.24, 2.45) is 0 Å². The predicted molar refractivity (Wildman–Crippen MR) is 119 cm³/mol. The third kappa shape index (κ3) is 3.73. The maximum atomic E-state index is 14.8. The van der Waals surface area contributed by atoms with E-state index in [1.807, 2.05) is 0 Å². The Hall–Kier alpha value is -2.33. The number of nitrogens with zero attached hydrogens (tertiary/aromatic N) is 2. The van der Waals surface area contributed by atoms with Crippen LogP contribution in [0.2, 0.25) is 15.1 Å². The summed E-state index contributed by atoms with van der Waals surface area (Å²) in [6, 6.07) is 6.45. The van der Waals surface area contributed by atoms with Crippen LogP contribution in [0.4, 0.5) is 15.9 Å². The first-order valence-electron chi connectivity index (χ1n) is 9.15. The number of hydrogen-bond acceptors (Lipinski definition) is 5. The smallest absolute Gasteiger partial charge is 0.266 e. The number of fused-ring (bicyclic) bond motifs is 1. The van der Waals surface area contributed by atoms with E-state index in [1.54, 1.807) is 26.0 Å². The Labute approximate surface area is 198 Å². The minimum atomic E-state index is -4.31. The molecule has 2 aromatic carbocycles. The van der Waals surface area contributed by atoms with Crippen LogP contribution in [-0.4, -0.2) is 19.5 Å². The summed E-state index contributed by atoms with van der Waals surface area (Å²) in [5, 5.41) is 3.98. The van der Waals surface area contributed by atoms with E-state index in [0.29, 0.717) is 16.3 Å². The van der Waals surface area contributed by atoms with Gasteiger partial charge in [-0.05, 0) is 43.7 Å². The average molecular weight is 519 g/mol. The standard InChI is InChI=1S/C20H15Cl3FN3O4S/c1-20(2)17-14(4-3-11(21)18(17)23)27(19(20)28)9-10-7-13(24)15(8-12(10)22)32(29,30)26-16-5-6-31-25-16/h3-8H,9H2,1-2H3,(H,25,26). The lowest BCUT2D eigenvalue weighted by molar-refractivity contribution is -0.122. The van der Waals surface area contributed by atoms with Crippen molar-refractivity contribution in [1.29, 1.82) is 0 Å². The van der Waals surface area contributed by atoms with Crippen molar-refractivity contribution in [3.8, 4) is 0 Å². The van der Waals surface area contributed by atoms with E-state index in [4.69, 9.17) is 34.8 Å². The predicted octanol–water partition coefficient (Wildman–Crippen LogP) is 5.40. The average Bonchev–Trinajstić information content (AvgIpc) is 3.27. The second kappa shape index (κ2) is 7.91. The van der Waals surface area contributed by atoms with Crippen LogP contribution in [0.3, 0.4) is 0 Å². The van der Waals surface area contributed by atoms with Crippen LogP contribution in [0.5, 0.6) is 0 Å². The molecule has 7 nitrogen and oxygen atoms in total. The minimum absolute atomic E-state index is 0.0361. The molecule has 1 N–H and O–H groups in total. The maximum absolute atomic E-state index is 14.8. The second-order valence-electron chi connectivity index (χ2n) is 7.64. The van der Waals surface area contributed by atoms with Gasteiger partial charge in [-0.3, -0.25) is 9.52 Å². The number of amides is 1. The molecule has 1 aliphatic rings. The summed E-state index contributed by atoms with van der Waals surface area (Å²) in [5.74, 6) is -1.43. The van der Waals surface area contributed by atoms with Crippen molar-refractivity contribution in [2.75, 3.05) is 9.62 Å². The Morgan fingerprint density at radius 1 is 1.16 bits per heavy atom. The highest BCUT2D eigenvalue weighted by atomic mass is 35.5. The van der Waals surface area contributed by atoms with Gasteiger partial charge in [-0.25, -0.2) is 12.8 Å². The Kier molecular flexibility index (Phi) is 5.65. The number of rotatable bonds is 5. The molecule has 0 fully saturated rings. The molecule has 3 aromatic rings. The summed E-state index contributed by atoms with van der Waals surface area (Å²) in [6.45, 7) is 3.33. The molecule has 12 heteroatoms. The SMILES string of the molecule is CC1(C)C(=O)N(Cc2cc(F)c(S(=O)(=O)Nc3ccon3)cc2Cl)c2ccc(Cl)c(Cl)c21. The summed E-state index contributed by atoms with van der Waals surface area (Å²) in [5.41, 5.74) is 0.333. The molecule has 0 saturated heterocycles. The van der Waals surface area contributed by atoms with Crippen LogP contribution in [-0.2, 0) is 26.8 Å². The highest BCUT2D eigenvalue weighted by Crippen LogP contribution is 2.48. The second-order valence-corrected chi connectivity index (χ2v) is 10.5. The van der Waals surface area contributed by atoms with E-state index in [2.05, 4.69) is 14.4 Å². The van der Waals surface area contributed by atoms with E-state index in [-0.39, 0.29) is 33.9 Å². The largest absolute Gasteiger partial charge is 0.363 e. The monoisotopic (exact) mass is 517 g/mol. The Morgan fingerprint density at radius 3 is 2.53 bits per heavy atom. The van der Waals surface area contributed by atoms with E-state index in [1.165, 1.54) is 11.0 Å². The van der Waals surface area contributed by atoms with Gasteiger partial charge >= 0.3 is 0 Å². The molecular formula is C20H15Cl3FN3O4S. The van der Waals surface area contributed by atoms with Gasteiger partial charge in [0.1, 0.15) is 17.0 Å². The van der Waals surface area contributed by atoms with E-state index >= 15 is 0 Å². The molecule has 2 heterocycles. The number of carbonyl (C=O) groups excluding carboxylic acids is 1. The van der Waals surface area contributed by atoms with Crippen molar-refractivity contribution in [2.45, 2.75) is 30.7 Å². The van der Waals surface area contributed by atoms with Gasteiger partial charge in [-0.1, -0.05) is 40.0 Å². The van der Waals surface area contributed by atoms with Crippen LogP contribution in [0.25, 0.3) is 0 Å². The van der Waals surface area contributed by atoms with Gasteiger partial charge in [0, 0.05) is 22.3 Å². The van der Waals surface area contributed by atoms with Crippen LogP contribution < -0.4 is 9.62 Å². The van der Waals surface area contributed by atoms with Crippen LogP contribution in [0.1, 0.15) is 25.0 Å². The molecule has 0 saturated carbocycles. The van der Waals surface area contributed by atoms with E-state index < -0.39 is 26.2 Å². The van der Waals surface area contributed by atoms with Gasteiger partial charge in [-0.2, -0.15) is 0 Å². The zero-order chi connectivity index (χ0) is 23.4. The molecule has 1 aromatic heterocycles. The number of hydrogen-bond donors (Lipinski definition) is 1. The Morgan fingerprint density at radius 2 is 1.88 bits per heavy atom. The molecule has 1 amide bonds. The lowest BCUT2D eigenvalue weighted by Crippen LogP contribution is -2.36. The molecule has 1 aliphatic heterocycles. The molecule has 0 bridgehead atoms. The lowest BCUT2D eigenvalue weighted by Gasteiger charge is -2.21. The number of nitrogens with one attached hydrogen (secondary N) is 1. The first-order chi connectivity index (χ1) is 14.9. The first-order valence-corrected chi connectivity index (χ1v) is 11.8. The third-order valence-corrected chi connectivity index (χ3v) is 7.69. The van der Waals surface area contributed by atoms with Gasteiger partial charge in [0.15, 0.2) is 5.82 Å². The van der Waals surface area contributed by atoms with Crippen LogP contribution in [0, 0.1) is 5.82 Å². The molecular weight excluding hydrogens is 504 g/mol. The highest BCUT2D eigenvalue weighted by Gasteiger charge is 2.46. The zero-order valence-corrected chi connectivity index (χ0v) is 19.7. The quantitative estimate of drug-likeness (QED) is 0.488. The molecule has 0 radical (unpaired) electrons. The van der Waals surface area contributed by atoms with Gasteiger partial charge < -0.3 is 9.42 Å². The van der Waals surface area contributed by atoms with Crippen molar-refractivity contribution in [3.63, 3.8) is 0 Å². The number of sulfonamides is 1. The number of benzene rings is 2. The Balaban J connectivity index is 1.70. The van der Waals surface area contributed by atoms with Crippen LogP contribution >= 0.6 is 34.8 Å². The summed E-state index contributed by atoms with van der Waals surface area (Å²) in [4.78, 5) is 13.9. The highest BCUT2D eigenvalue weighted by molar-refractivity contribution is 7.92. The molecule has 0 aliphatic carbocycles. The third-order valence-electron chi connectivity index (χ3n) is 5.16. The number of carbonyl (C=O) groups is 1. The van der Waals surface area contributed by atoms with Crippen molar-refractivity contribution >= 4 is 62.2 Å². The fraction of sp³-hybridized carbons (Fsp3) is 0.200. The van der Waals surface area contributed by atoms with E-state index in [9.17, 15) is 17.6 Å². The van der Waals surface area contributed by atoms with Gasteiger partial charge in [0.25, 0.3) is 10.0 Å². The van der Waals surface area contributed by atoms with Crippen molar-refractivity contribution < 1.29 is 22.1 Å². The summed E-state index contributed by atoms with van der Waals surface area (Å²) in [7, 11) is -4.31. The maximum Gasteiger partial charge on any atom is 0.266 e. The number of aromatic nitrogens is 1. The molecule has 4 rings (SSSR count). The molecule has 32 heavy (non-hydrogen) atoms. The Bertz CT molecular complexity index is 1340. The fourth-order valence-corrected chi connectivity index (χ4v) is 5.52. The summed E-state index contributed by atoms with van der Waals surface area (Å²) < 4.78 is 46.5. The molecule has 168 valence electrons. The van der Waals surface area contributed by atoms with Gasteiger partial charge in [0.05, 0.1) is 22.0 Å². The summed E-state index contributed by atoms with van der Waals surface area (Å²) in [6.07, 6.45) is 1.16. The van der Waals surface area contributed by atoms with E-state index in [0.717, 1.165) is 18.4 Å². The normalized spacial score (nSPS) is 15.2.